The van der Waals surface area contributed by atoms with Gasteiger partial charge in [-0.05, 0) is 37.6 Å². The highest BCUT2D eigenvalue weighted by Crippen LogP contribution is 2.28. The van der Waals surface area contributed by atoms with Crippen LogP contribution in [-0.4, -0.2) is 49.8 Å². The van der Waals surface area contributed by atoms with Crippen molar-refractivity contribution in [3.63, 3.8) is 0 Å². The molecule has 2 rings (SSSR count). The molecule has 2 aromatic rings. The first kappa shape index (κ1) is 26.4. The van der Waals surface area contributed by atoms with E-state index >= 15 is 0 Å². The normalized spacial score (nSPS) is 12.3. The second-order valence-corrected chi connectivity index (χ2v) is 6.87. The van der Waals surface area contributed by atoms with Crippen molar-refractivity contribution < 1.29 is 46.6 Å². The van der Waals surface area contributed by atoms with Crippen LogP contribution in [0.4, 0.5) is 0 Å². The number of aliphatic hydroxyl groups is 1. The molecule has 0 aliphatic heterocycles. The van der Waals surface area contributed by atoms with Gasteiger partial charge in [0.1, 0.15) is 12.1 Å². The monoisotopic (exact) mass is 451 g/mol. The molecule has 0 heterocycles. The van der Waals surface area contributed by atoms with Gasteiger partial charge in [0.05, 0.1) is 26.7 Å². The Labute approximate surface area is 189 Å². The van der Waals surface area contributed by atoms with Crippen LogP contribution in [0, 0.1) is 0 Å². The zero-order valence-electron chi connectivity index (χ0n) is 18.0. The standard InChI is InChI=1S/C23H29NO6.ClH/c1-4-29-22(26)15-30-20-11-10-18(14-21(20)28-3)19(25)12-13-24-16(2)23(27)17-8-6-5-7-9-17;/h5-11,14,16,23-24,27H,4,12-13,15H2,1-3H3;1H. The number of halogens is 1. The second-order valence-electron chi connectivity index (χ2n) is 6.87. The van der Waals surface area contributed by atoms with Crippen LogP contribution in [0.15, 0.2) is 48.5 Å². The number of nitrogens with two attached hydrogens (primary N) is 1. The SMILES string of the molecule is CCOC(=O)COc1ccc(C(=O)CC[NH2+]C(C)C(O)c2ccccc2)cc1OC.[Cl-]. The van der Waals surface area contributed by atoms with Gasteiger partial charge in [0.2, 0.25) is 0 Å². The quantitative estimate of drug-likeness (QED) is 0.314. The van der Waals surface area contributed by atoms with E-state index in [9.17, 15) is 14.7 Å². The number of methoxy groups -OCH3 is 1. The molecule has 0 fully saturated rings. The molecule has 31 heavy (non-hydrogen) atoms. The van der Waals surface area contributed by atoms with E-state index in [1.165, 1.54) is 7.11 Å². The Morgan fingerprint density at radius 3 is 2.45 bits per heavy atom. The van der Waals surface area contributed by atoms with Crippen molar-refractivity contribution in [2.24, 2.45) is 0 Å². The minimum Gasteiger partial charge on any atom is -1.00 e. The van der Waals surface area contributed by atoms with Gasteiger partial charge < -0.3 is 37.0 Å². The van der Waals surface area contributed by atoms with Crippen molar-refractivity contribution in [2.45, 2.75) is 32.4 Å². The Morgan fingerprint density at radius 2 is 1.81 bits per heavy atom. The number of benzene rings is 2. The van der Waals surface area contributed by atoms with E-state index in [1.54, 1.807) is 25.1 Å². The number of aliphatic hydroxyl groups excluding tert-OH is 1. The molecule has 0 radical (unpaired) electrons. The lowest BCUT2D eigenvalue weighted by molar-refractivity contribution is -0.693. The lowest BCUT2D eigenvalue weighted by Crippen LogP contribution is -3.00. The fourth-order valence-electron chi connectivity index (χ4n) is 3.00. The third-order valence-corrected chi connectivity index (χ3v) is 4.69. The number of carbonyl (C=O) groups excluding carboxylic acids is 2. The molecule has 0 amide bonds. The first-order chi connectivity index (χ1) is 14.5. The fraction of sp³-hybridized carbons (Fsp3) is 0.391. The second kappa shape index (κ2) is 13.6. The van der Waals surface area contributed by atoms with Crippen molar-refractivity contribution in [1.29, 1.82) is 0 Å². The zero-order valence-corrected chi connectivity index (χ0v) is 18.8. The first-order valence-corrected chi connectivity index (χ1v) is 10.0. The van der Waals surface area contributed by atoms with Gasteiger partial charge in [-0.25, -0.2) is 4.79 Å². The molecular formula is C23H30ClNO6. The number of esters is 1. The summed E-state index contributed by atoms with van der Waals surface area (Å²) in [6, 6.07) is 14.2. The minimum absolute atomic E-state index is 0. The molecule has 0 saturated heterocycles. The predicted octanol–water partition coefficient (Wildman–Crippen LogP) is -1.10. The highest BCUT2D eigenvalue weighted by molar-refractivity contribution is 5.96. The fourth-order valence-corrected chi connectivity index (χ4v) is 3.00. The van der Waals surface area contributed by atoms with Crippen LogP contribution >= 0.6 is 0 Å². The number of ketones is 1. The summed E-state index contributed by atoms with van der Waals surface area (Å²) in [4.78, 5) is 24.0. The van der Waals surface area contributed by atoms with Crippen molar-refractivity contribution in [1.82, 2.24) is 0 Å². The summed E-state index contributed by atoms with van der Waals surface area (Å²) in [7, 11) is 1.47. The molecule has 0 spiro atoms. The van der Waals surface area contributed by atoms with Crippen LogP contribution in [0.2, 0.25) is 0 Å². The zero-order chi connectivity index (χ0) is 21.9. The number of ether oxygens (including phenoxy) is 3. The Morgan fingerprint density at radius 1 is 1.10 bits per heavy atom. The van der Waals surface area contributed by atoms with Crippen molar-refractivity contribution in [2.75, 3.05) is 26.9 Å². The number of carbonyl (C=O) groups is 2. The van der Waals surface area contributed by atoms with E-state index in [-0.39, 0.29) is 37.4 Å². The summed E-state index contributed by atoms with van der Waals surface area (Å²) in [5, 5.41) is 12.4. The summed E-state index contributed by atoms with van der Waals surface area (Å²) < 4.78 is 15.5. The average Bonchev–Trinajstić information content (AvgIpc) is 2.77. The Hall–Kier alpha value is -2.61. The smallest absolute Gasteiger partial charge is 0.344 e. The van der Waals surface area contributed by atoms with Gasteiger partial charge in [-0.1, -0.05) is 30.3 Å². The largest absolute Gasteiger partial charge is 1.00 e. The number of hydrogen-bond donors (Lipinski definition) is 2. The van der Waals surface area contributed by atoms with Crippen molar-refractivity contribution in [3.05, 3.63) is 59.7 Å². The van der Waals surface area contributed by atoms with Gasteiger partial charge in [-0.3, -0.25) is 4.79 Å². The van der Waals surface area contributed by atoms with Gasteiger partial charge in [-0.15, -0.1) is 0 Å². The van der Waals surface area contributed by atoms with Crippen LogP contribution in [0.1, 0.15) is 42.3 Å². The van der Waals surface area contributed by atoms with Gasteiger partial charge in [0.25, 0.3) is 0 Å². The molecule has 0 bridgehead atoms. The average molecular weight is 452 g/mol. The van der Waals surface area contributed by atoms with Gasteiger partial charge in [0.15, 0.2) is 23.9 Å². The molecule has 2 unspecified atom stereocenters. The van der Waals surface area contributed by atoms with Crippen LogP contribution < -0.4 is 27.2 Å². The minimum atomic E-state index is -0.600. The maximum absolute atomic E-state index is 12.5. The molecule has 170 valence electrons. The Balaban J connectivity index is 0.00000480. The molecule has 7 nitrogen and oxygen atoms in total. The summed E-state index contributed by atoms with van der Waals surface area (Å²) in [5.41, 5.74) is 1.36. The van der Waals surface area contributed by atoms with E-state index in [4.69, 9.17) is 14.2 Å². The van der Waals surface area contributed by atoms with Gasteiger partial charge >= 0.3 is 5.97 Å². The Bertz CT molecular complexity index is 830. The van der Waals surface area contributed by atoms with E-state index in [0.717, 1.165) is 5.56 Å². The molecule has 2 aromatic carbocycles. The van der Waals surface area contributed by atoms with E-state index in [0.29, 0.717) is 30.0 Å². The molecule has 2 atom stereocenters. The van der Waals surface area contributed by atoms with Crippen LogP contribution in [-0.2, 0) is 9.53 Å². The van der Waals surface area contributed by atoms with Crippen LogP contribution in [0.3, 0.4) is 0 Å². The molecule has 8 heteroatoms. The maximum atomic E-state index is 12.5. The summed E-state index contributed by atoms with van der Waals surface area (Å²) in [6.45, 7) is 4.26. The van der Waals surface area contributed by atoms with E-state index in [1.807, 2.05) is 42.6 Å². The van der Waals surface area contributed by atoms with Crippen molar-refractivity contribution >= 4 is 11.8 Å². The van der Waals surface area contributed by atoms with Crippen molar-refractivity contribution in [3.8, 4) is 11.5 Å². The van der Waals surface area contributed by atoms with E-state index in [2.05, 4.69) is 0 Å². The van der Waals surface area contributed by atoms with Crippen LogP contribution in [0.5, 0.6) is 11.5 Å². The van der Waals surface area contributed by atoms with Gasteiger partial charge in [0, 0.05) is 5.56 Å². The lowest BCUT2D eigenvalue weighted by atomic mass is 10.0. The third-order valence-electron chi connectivity index (χ3n) is 4.69. The highest BCUT2D eigenvalue weighted by atomic mass is 35.5. The molecule has 3 N–H and O–H groups in total. The Kier molecular flexibility index (Phi) is 11.6. The number of quaternary nitrogens is 1. The highest BCUT2D eigenvalue weighted by Gasteiger charge is 2.20. The molecular weight excluding hydrogens is 422 g/mol. The lowest BCUT2D eigenvalue weighted by Gasteiger charge is -2.17. The summed E-state index contributed by atoms with van der Waals surface area (Å²) in [6.07, 6.45) is -0.282. The number of Topliss-reactive ketones (excluding diaryl/α,β-unsaturated/α-hetero) is 1. The first-order valence-electron chi connectivity index (χ1n) is 10.0. The summed E-state index contributed by atoms with van der Waals surface area (Å²) in [5.74, 6) is 0.236. The molecule has 0 saturated carbocycles. The maximum Gasteiger partial charge on any atom is 0.344 e. The van der Waals surface area contributed by atoms with Gasteiger partial charge in [-0.2, -0.15) is 0 Å². The number of hydrogen-bond acceptors (Lipinski definition) is 6. The molecule has 0 aliphatic carbocycles. The summed E-state index contributed by atoms with van der Waals surface area (Å²) >= 11 is 0. The van der Waals surface area contributed by atoms with E-state index < -0.39 is 12.1 Å². The predicted molar refractivity (Wildman–Crippen MR) is 112 cm³/mol. The number of rotatable bonds is 12. The topological polar surface area (TPSA) is 98.7 Å². The van der Waals surface area contributed by atoms with Crippen LogP contribution in [0.25, 0.3) is 0 Å². The third kappa shape index (κ3) is 8.20. The molecule has 0 aliphatic rings. The molecule has 0 aromatic heterocycles.